The highest BCUT2D eigenvalue weighted by Gasteiger charge is 2.47. The number of ketones is 4. The van der Waals surface area contributed by atoms with E-state index in [0.29, 0.717) is 172 Å². The number of nitrogens with one attached hydrogen (secondary N) is 3. The van der Waals surface area contributed by atoms with Crippen molar-refractivity contribution >= 4 is 79.2 Å². The van der Waals surface area contributed by atoms with Crippen molar-refractivity contribution in [3.05, 3.63) is 12.7 Å². The van der Waals surface area contributed by atoms with E-state index in [0.717, 1.165) is 12.8 Å². The van der Waals surface area contributed by atoms with E-state index in [-0.39, 0.29) is 183 Å². The second kappa shape index (κ2) is 51.3. The molecule has 4 rings (SSSR count). The molecule has 34 heteroatoms. The van der Waals surface area contributed by atoms with Crippen LogP contribution in [0.3, 0.4) is 0 Å². The van der Waals surface area contributed by atoms with Crippen molar-refractivity contribution < 1.29 is 110 Å². The molecule has 2 aromatic heterocycles. The van der Waals surface area contributed by atoms with Crippen molar-refractivity contribution in [1.29, 1.82) is 0 Å². The molecule has 2 aliphatic rings. The van der Waals surface area contributed by atoms with Crippen molar-refractivity contribution in [3.8, 4) is 0 Å². The molecule has 1 saturated heterocycles. The van der Waals surface area contributed by atoms with Gasteiger partial charge < -0.3 is 84.8 Å². The van der Waals surface area contributed by atoms with Crippen LogP contribution in [-0.2, 0) is 80.0 Å². The number of anilines is 1. The topological polar surface area (TPSA) is 466 Å². The van der Waals surface area contributed by atoms with Gasteiger partial charge in [-0.25, -0.2) is 19.5 Å². The van der Waals surface area contributed by atoms with E-state index in [1.807, 2.05) is 0 Å². The zero-order chi connectivity index (χ0) is 76.9. The Labute approximate surface area is 618 Å². The molecule has 0 bridgehead atoms. The SMILES string of the molecule is COC(C)(C)P(=O)(O)OC[C@H]1C[C@@H](n2cnc3c(N)ncnc32)C[C@@H]1OP(=O)(O)OC[C@@H]1C[C@@H](O)CN1C(=O)CCCCCCCCC(=O)NC(COCCC(=O)CCCCCC(=O)CCCCO)(COCCC(=O)CCCCNC(=O)CCCCO)COCCC(=O)NCCCCC(=O)CCCCO. The number of aliphatic hydroxyl groups excluding tert-OH is 4. The number of ether oxygens (including phenoxy) is 4. The monoisotopic (exact) mass is 1530 g/mol. The summed E-state index contributed by atoms with van der Waals surface area (Å²) in [5, 5.41) is 44.9. The number of aromatic nitrogens is 4. The van der Waals surface area contributed by atoms with Gasteiger partial charge in [-0.2, -0.15) is 0 Å². The molecule has 1 aliphatic carbocycles. The Kier molecular flexibility index (Phi) is 45.0. The first kappa shape index (κ1) is 92.2. The summed E-state index contributed by atoms with van der Waals surface area (Å²) in [6, 6.07) is -1.19. The van der Waals surface area contributed by atoms with Crippen LogP contribution in [0, 0.1) is 5.92 Å². The van der Waals surface area contributed by atoms with Gasteiger partial charge in [-0.15, -0.1) is 0 Å². The van der Waals surface area contributed by atoms with E-state index in [1.165, 1.54) is 38.5 Å². The van der Waals surface area contributed by atoms with Gasteiger partial charge in [0.1, 0.15) is 40.5 Å². The van der Waals surface area contributed by atoms with Gasteiger partial charge in [0, 0.05) is 136 Å². The van der Waals surface area contributed by atoms with Crippen LogP contribution in [0.1, 0.15) is 238 Å². The lowest BCUT2D eigenvalue weighted by Gasteiger charge is -2.34. The minimum absolute atomic E-state index is 0.00134. The summed E-state index contributed by atoms with van der Waals surface area (Å²) in [7, 11) is -8.01. The third kappa shape index (κ3) is 37.2. The summed E-state index contributed by atoms with van der Waals surface area (Å²) < 4.78 is 69.2. The molecule has 8 atom stereocenters. The highest BCUT2D eigenvalue weighted by atomic mass is 31.2. The number of aliphatic hydroxyl groups is 4. The molecule has 105 heavy (non-hydrogen) atoms. The summed E-state index contributed by atoms with van der Waals surface area (Å²) in [6.07, 6.45) is 15.8. The van der Waals surface area contributed by atoms with E-state index in [2.05, 4.69) is 30.9 Å². The summed E-state index contributed by atoms with van der Waals surface area (Å²) in [5.41, 5.74) is 5.46. The van der Waals surface area contributed by atoms with Gasteiger partial charge in [0.15, 0.2) is 16.8 Å². The Morgan fingerprint density at radius 3 is 1.58 bits per heavy atom. The van der Waals surface area contributed by atoms with Crippen molar-refractivity contribution in [2.75, 3.05) is 105 Å². The smallest absolute Gasteiger partial charge is 0.396 e. The number of carbonyl (C=O) groups excluding carboxylic acids is 8. The van der Waals surface area contributed by atoms with Crippen molar-refractivity contribution in [2.24, 2.45) is 5.92 Å². The number of phosphoric acid groups is 1. The van der Waals surface area contributed by atoms with Gasteiger partial charge >= 0.3 is 15.4 Å². The summed E-state index contributed by atoms with van der Waals surface area (Å²) >= 11 is 0. The second-order valence-electron chi connectivity index (χ2n) is 28.2. The van der Waals surface area contributed by atoms with Crippen molar-refractivity contribution in [2.45, 2.75) is 267 Å². The average molecular weight is 1530 g/mol. The molecular formula is C71H123N9O23P2. The minimum Gasteiger partial charge on any atom is -0.396 e. The number of phosphoric ester groups is 1. The number of rotatable bonds is 64. The van der Waals surface area contributed by atoms with Crippen LogP contribution in [-0.4, -0.2) is 230 Å². The lowest BCUT2D eigenvalue weighted by molar-refractivity contribution is -0.133. The maximum atomic E-state index is 14.0. The normalized spacial score (nSPS) is 18.6. The number of fused-ring (bicyclic) bond motifs is 1. The molecule has 1 saturated carbocycles. The highest BCUT2D eigenvalue weighted by Crippen LogP contribution is 2.57. The Morgan fingerprint density at radius 2 is 1.03 bits per heavy atom. The Balaban J connectivity index is 1.32. The summed E-state index contributed by atoms with van der Waals surface area (Å²) in [5.74, 6) is -1.42. The number of hydrogen-bond acceptors (Lipinski definition) is 25. The first-order valence-electron chi connectivity index (χ1n) is 37.8. The first-order chi connectivity index (χ1) is 50.3. The third-order valence-corrected chi connectivity index (χ3v) is 22.0. The van der Waals surface area contributed by atoms with Gasteiger partial charge in [-0.1, -0.05) is 32.1 Å². The number of likely N-dealkylation sites (tertiary alicyclic amines) is 1. The molecule has 0 radical (unpaired) electrons. The Hall–Kier alpha value is -5.15. The van der Waals surface area contributed by atoms with Gasteiger partial charge in [0.05, 0.1) is 77.4 Å². The van der Waals surface area contributed by atoms with E-state index in [9.17, 15) is 62.4 Å². The number of hydrogen-bond donors (Lipinski definition) is 10. The molecule has 11 N–H and O–H groups in total. The van der Waals surface area contributed by atoms with E-state index in [1.54, 1.807) is 4.57 Å². The van der Waals surface area contributed by atoms with Gasteiger partial charge in [-0.3, -0.25) is 52.0 Å². The maximum absolute atomic E-state index is 14.0. The predicted molar refractivity (Wildman–Crippen MR) is 389 cm³/mol. The Bertz CT molecular complexity index is 2890. The molecular weight excluding hydrogens is 1410 g/mol. The zero-order valence-electron chi connectivity index (χ0n) is 62.3. The lowest BCUT2D eigenvalue weighted by atomic mass is 10.0. The molecule has 32 nitrogen and oxygen atoms in total. The minimum atomic E-state index is -4.89. The lowest BCUT2D eigenvalue weighted by Crippen LogP contribution is -2.58. The van der Waals surface area contributed by atoms with Crippen LogP contribution in [0.2, 0.25) is 0 Å². The van der Waals surface area contributed by atoms with Crippen LogP contribution in [0.4, 0.5) is 5.82 Å². The molecule has 2 aromatic rings. The number of carbonyl (C=O) groups is 8. The molecule has 600 valence electrons. The zero-order valence-corrected chi connectivity index (χ0v) is 64.1. The fraction of sp³-hybridized carbons (Fsp3) is 0.817. The first-order valence-corrected chi connectivity index (χ1v) is 40.9. The van der Waals surface area contributed by atoms with Crippen LogP contribution < -0.4 is 21.7 Å². The maximum Gasteiger partial charge on any atom is 0.472 e. The fourth-order valence-electron chi connectivity index (χ4n) is 12.4. The number of β-amino-alcohol motifs (C(OH)–C–C–N with tert-alkyl or cyclic N) is 1. The second-order valence-corrected chi connectivity index (χ2v) is 31.9. The standard InChI is InChI=1S/C71H123N9O23P2/c1-70(2,97-3)104(93,94)101-47-54-43-55(80-53-77-67-68(72)75-52-76-69(67)80)45-62(54)103-105(95,96)102-48-56-44-61(88)46-79(56)66(92)31-12-7-5-4-6-11-30-65(91)78-71(49-98-40-32-59(86)24-10-8-9-23-57(84)27-15-20-37-81,50-99-41-33-60(87)26-14-19-35-73-63(89)29-17-22-39-83)51-100-42-34-64(90)74-36-18-13-25-58(85)28-16-21-38-82/h52-56,61-62,81-83,88H,4-51H2,1-3H3,(H,73,89)(H,74,90)(H,78,91)(H,93,94)(H,95,96)(H2,72,75,76)/t54-,55-,56+,61-,62+,71?/m1/s1. The van der Waals surface area contributed by atoms with Gasteiger partial charge in [0.2, 0.25) is 23.6 Å². The van der Waals surface area contributed by atoms with Crippen LogP contribution in [0.5, 0.6) is 0 Å². The quantitative estimate of drug-likeness (QED) is 0.0238. The fourth-order valence-corrected chi connectivity index (χ4v) is 14.3. The van der Waals surface area contributed by atoms with E-state index < -0.39 is 63.1 Å². The van der Waals surface area contributed by atoms with Crippen LogP contribution in [0.15, 0.2) is 12.7 Å². The number of nitrogens with two attached hydrogens (primary N) is 1. The van der Waals surface area contributed by atoms with E-state index in [4.69, 9.17) is 53.6 Å². The number of nitrogens with zero attached hydrogens (tertiary/aromatic N) is 5. The Morgan fingerprint density at radius 1 is 0.562 bits per heavy atom. The van der Waals surface area contributed by atoms with Crippen LogP contribution >= 0.6 is 15.4 Å². The van der Waals surface area contributed by atoms with E-state index >= 15 is 0 Å². The number of amides is 4. The number of imidazole rings is 1. The number of unbranched alkanes of at least 4 members (excludes halogenated alkanes) is 12. The molecule has 4 amide bonds. The van der Waals surface area contributed by atoms with Crippen molar-refractivity contribution in [3.63, 3.8) is 0 Å². The largest absolute Gasteiger partial charge is 0.472 e. The molecule has 3 heterocycles. The molecule has 3 unspecified atom stereocenters. The molecule has 1 aliphatic heterocycles. The van der Waals surface area contributed by atoms with Crippen molar-refractivity contribution in [1.82, 2.24) is 40.4 Å². The predicted octanol–water partition coefficient (Wildman–Crippen LogP) is 6.89. The van der Waals surface area contributed by atoms with Gasteiger partial charge in [0.25, 0.3) is 0 Å². The van der Waals surface area contributed by atoms with Crippen LogP contribution in [0.25, 0.3) is 11.2 Å². The summed E-state index contributed by atoms with van der Waals surface area (Å²) in [6.45, 7) is 2.37. The molecule has 0 spiro atoms. The average Bonchev–Trinajstić information content (AvgIpc) is 1.65. The molecule has 0 aromatic carbocycles. The number of Topliss-reactive ketones (excluding diaryl/α,β-unsaturated/α-hetero) is 4. The third-order valence-electron chi connectivity index (χ3n) is 18.9. The highest BCUT2D eigenvalue weighted by molar-refractivity contribution is 7.54. The number of methoxy groups -OCH3 is 1. The van der Waals surface area contributed by atoms with Gasteiger partial charge in [-0.05, 0) is 123 Å². The molecule has 2 fully saturated rings. The summed E-state index contributed by atoms with van der Waals surface area (Å²) in [4.78, 5) is 139. The number of nitrogen functional groups attached to an aromatic ring is 1.